The minimum absolute atomic E-state index is 0.625. The molecule has 0 aliphatic carbocycles. The Hall–Kier alpha value is -0.680. The van der Waals surface area contributed by atoms with Crippen molar-refractivity contribution >= 4 is 16.5 Å². The maximum absolute atomic E-state index is 3.87. The Morgan fingerprint density at radius 3 is 2.86 bits per heavy atom. The van der Waals surface area contributed by atoms with Crippen molar-refractivity contribution in [3.8, 4) is 0 Å². The predicted octanol–water partition coefficient (Wildman–Crippen LogP) is 1.04. The van der Waals surface area contributed by atoms with Gasteiger partial charge in [0.1, 0.15) is 5.00 Å². The molecule has 0 amide bonds. The third-order valence-corrected chi connectivity index (χ3v) is 3.94. The maximum atomic E-state index is 3.87. The van der Waals surface area contributed by atoms with Gasteiger partial charge in [0, 0.05) is 24.1 Å². The molecular weight excluding hydrogens is 196 g/mol. The topological polar surface area (TPSA) is 41.1 Å². The van der Waals surface area contributed by atoms with E-state index >= 15 is 0 Å². The SMILES string of the molecule is c1nnsc1NC1CN2CCC1CC2. The molecule has 4 heterocycles. The van der Waals surface area contributed by atoms with Crippen LogP contribution in [-0.2, 0) is 0 Å². The van der Waals surface area contributed by atoms with Gasteiger partial charge in [-0.25, -0.2) is 0 Å². The Morgan fingerprint density at radius 1 is 1.43 bits per heavy atom. The second kappa shape index (κ2) is 3.47. The Labute approximate surface area is 87.5 Å². The second-order valence-corrected chi connectivity index (χ2v) is 4.96. The van der Waals surface area contributed by atoms with Crippen LogP contribution >= 0.6 is 11.5 Å². The first-order chi connectivity index (χ1) is 6.92. The Balaban J connectivity index is 1.68. The first kappa shape index (κ1) is 8.61. The van der Waals surface area contributed by atoms with Crippen LogP contribution in [0.5, 0.6) is 0 Å². The number of anilines is 1. The van der Waals surface area contributed by atoms with Crippen molar-refractivity contribution in [3.63, 3.8) is 0 Å². The third kappa shape index (κ3) is 1.50. The van der Waals surface area contributed by atoms with Crippen LogP contribution < -0.4 is 5.32 Å². The van der Waals surface area contributed by atoms with E-state index in [1.807, 2.05) is 6.20 Å². The summed E-state index contributed by atoms with van der Waals surface area (Å²) < 4.78 is 3.87. The summed E-state index contributed by atoms with van der Waals surface area (Å²) in [6.45, 7) is 3.79. The van der Waals surface area contributed by atoms with Gasteiger partial charge in [-0.05, 0) is 31.8 Å². The zero-order valence-electron chi connectivity index (χ0n) is 8.02. The lowest BCUT2D eigenvalue weighted by Gasteiger charge is -2.45. The molecule has 0 saturated carbocycles. The molecule has 0 radical (unpaired) electrons. The summed E-state index contributed by atoms with van der Waals surface area (Å²) >= 11 is 1.45. The molecule has 2 bridgehead atoms. The monoisotopic (exact) mass is 210 g/mol. The highest BCUT2D eigenvalue weighted by Crippen LogP contribution is 2.29. The van der Waals surface area contributed by atoms with E-state index in [1.54, 1.807) is 0 Å². The van der Waals surface area contributed by atoms with E-state index in [9.17, 15) is 0 Å². The summed E-state index contributed by atoms with van der Waals surface area (Å²) in [7, 11) is 0. The normalized spacial score (nSPS) is 35.9. The van der Waals surface area contributed by atoms with Crippen molar-refractivity contribution in [1.82, 2.24) is 14.5 Å². The van der Waals surface area contributed by atoms with E-state index in [2.05, 4.69) is 19.8 Å². The second-order valence-electron chi connectivity index (χ2n) is 4.17. The fourth-order valence-electron chi connectivity index (χ4n) is 2.54. The first-order valence-corrected chi connectivity index (χ1v) is 5.95. The first-order valence-electron chi connectivity index (χ1n) is 5.18. The van der Waals surface area contributed by atoms with Gasteiger partial charge < -0.3 is 10.2 Å². The third-order valence-electron chi connectivity index (χ3n) is 3.35. The van der Waals surface area contributed by atoms with Crippen molar-refractivity contribution in [2.45, 2.75) is 18.9 Å². The van der Waals surface area contributed by atoms with E-state index in [-0.39, 0.29) is 0 Å². The van der Waals surface area contributed by atoms with Gasteiger partial charge >= 0.3 is 0 Å². The minimum Gasteiger partial charge on any atom is -0.370 e. The number of nitrogens with one attached hydrogen (secondary N) is 1. The van der Waals surface area contributed by atoms with Crippen LogP contribution in [0.3, 0.4) is 0 Å². The molecule has 3 aliphatic heterocycles. The number of piperidine rings is 3. The molecule has 1 atom stereocenters. The van der Waals surface area contributed by atoms with Crippen LogP contribution in [-0.4, -0.2) is 40.2 Å². The van der Waals surface area contributed by atoms with Crippen LogP contribution in [0.15, 0.2) is 6.20 Å². The van der Waals surface area contributed by atoms with Gasteiger partial charge in [-0.3, -0.25) is 0 Å². The summed E-state index contributed by atoms with van der Waals surface area (Å²) in [5.41, 5.74) is 0. The van der Waals surface area contributed by atoms with E-state index in [0.717, 1.165) is 10.9 Å². The number of aromatic nitrogens is 2. The molecule has 3 fully saturated rings. The molecule has 5 heteroatoms. The fraction of sp³-hybridized carbons (Fsp3) is 0.778. The molecular formula is C9H14N4S. The largest absolute Gasteiger partial charge is 0.370 e. The summed E-state index contributed by atoms with van der Waals surface area (Å²) in [4.78, 5) is 2.55. The molecule has 1 N–H and O–H groups in total. The molecule has 4 nitrogen and oxygen atoms in total. The van der Waals surface area contributed by atoms with Crippen LogP contribution in [0.25, 0.3) is 0 Å². The summed E-state index contributed by atoms with van der Waals surface area (Å²) in [6, 6.07) is 0.625. The lowest BCUT2D eigenvalue weighted by molar-refractivity contribution is 0.0976. The van der Waals surface area contributed by atoms with Crippen LogP contribution in [0, 0.1) is 5.92 Å². The maximum Gasteiger partial charge on any atom is 0.130 e. The summed E-state index contributed by atoms with van der Waals surface area (Å²) in [5.74, 6) is 0.863. The van der Waals surface area contributed by atoms with E-state index in [1.165, 1.54) is 44.0 Å². The van der Waals surface area contributed by atoms with Gasteiger partial charge in [0.25, 0.3) is 0 Å². The van der Waals surface area contributed by atoms with Crippen LogP contribution in [0.2, 0.25) is 0 Å². The molecule has 0 aromatic carbocycles. The molecule has 4 rings (SSSR count). The smallest absolute Gasteiger partial charge is 0.130 e. The average Bonchev–Trinajstić information content (AvgIpc) is 2.72. The van der Waals surface area contributed by atoms with Gasteiger partial charge in [-0.2, -0.15) is 0 Å². The van der Waals surface area contributed by atoms with Crippen molar-refractivity contribution in [2.24, 2.45) is 5.92 Å². The lowest BCUT2D eigenvalue weighted by Crippen LogP contribution is -2.53. The molecule has 3 aliphatic rings. The number of hydrogen-bond donors (Lipinski definition) is 1. The summed E-state index contributed by atoms with van der Waals surface area (Å²) in [6.07, 6.45) is 4.52. The number of rotatable bonds is 2. The highest BCUT2D eigenvalue weighted by molar-refractivity contribution is 7.09. The van der Waals surface area contributed by atoms with Crippen molar-refractivity contribution in [3.05, 3.63) is 6.20 Å². The van der Waals surface area contributed by atoms with E-state index in [0.29, 0.717) is 6.04 Å². The van der Waals surface area contributed by atoms with Crippen molar-refractivity contribution in [2.75, 3.05) is 25.0 Å². The Kier molecular flexibility index (Phi) is 2.14. The number of fused-ring (bicyclic) bond motifs is 3. The highest BCUT2D eigenvalue weighted by Gasteiger charge is 2.34. The fourth-order valence-corrected chi connectivity index (χ4v) is 3.02. The number of nitrogens with zero attached hydrogens (tertiary/aromatic N) is 3. The molecule has 76 valence electrons. The van der Waals surface area contributed by atoms with E-state index in [4.69, 9.17) is 0 Å². The molecule has 14 heavy (non-hydrogen) atoms. The van der Waals surface area contributed by atoms with Crippen LogP contribution in [0.1, 0.15) is 12.8 Å². The van der Waals surface area contributed by atoms with Gasteiger partial charge in [0.2, 0.25) is 0 Å². The molecule has 3 saturated heterocycles. The van der Waals surface area contributed by atoms with E-state index < -0.39 is 0 Å². The lowest BCUT2D eigenvalue weighted by atomic mass is 9.84. The zero-order valence-corrected chi connectivity index (χ0v) is 8.83. The Morgan fingerprint density at radius 2 is 2.29 bits per heavy atom. The van der Waals surface area contributed by atoms with Crippen molar-refractivity contribution in [1.29, 1.82) is 0 Å². The molecule has 1 aromatic rings. The Bertz CT molecular complexity index is 292. The average molecular weight is 210 g/mol. The quantitative estimate of drug-likeness (QED) is 0.792. The van der Waals surface area contributed by atoms with Crippen LogP contribution in [0.4, 0.5) is 5.00 Å². The minimum atomic E-state index is 0.625. The standard InChI is InChI=1S/C9H14N4S/c1-3-13-4-2-7(1)8(6-13)11-9-5-10-12-14-9/h5,7-8,11H,1-4,6H2. The summed E-state index contributed by atoms with van der Waals surface area (Å²) in [5, 5.41) is 8.50. The van der Waals surface area contributed by atoms with Crippen molar-refractivity contribution < 1.29 is 0 Å². The van der Waals surface area contributed by atoms with Gasteiger partial charge in [0.15, 0.2) is 0 Å². The highest BCUT2D eigenvalue weighted by atomic mass is 32.1. The molecule has 0 spiro atoms. The molecule has 1 unspecified atom stereocenters. The molecule has 1 aromatic heterocycles. The predicted molar refractivity (Wildman–Crippen MR) is 56.5 cm³/mol. The van der Waals surface area contributed by atoms with Gasteiger partial charge in [0.05, 0.1) is 6.20 Å². The van der Waals surface area contributed by atoms with Gasteiger partial charge in [-0.1, -0.05) is 4.49 Å². The number of hydrogen-bond acceptors (Lipinski definition) is 5. The van der Waals surface area contributed by atoms with Gasteiger partial charge in [-0.15, -0.1) is 5.10 Å². The zero-order chi connectivity index (χ0) is 9.38.